The highest BCUT2D eigenvalue weighted by molar-refractivity contribution is 5.98. The molecule has 0 saturated heterocycles. The number of pyridine rings is 1. The lowest BCUT2D eigenvalue weighted by molar-refractivity contribution is 0.0983. The van der Waals surface area contributed by atoms with Crippen LogP contribution in [0.15, 0.2) is 60.1 Å². The van der Waals surface area contributed by atoms with Crippen LogP contribution in [0.4, 0.5) is 0 Å². The molecule has 0 bridgehead atoms. The average Bonchev–Trinajstić information content (AvgIpc) is 2.59. The van der Waals surface area contributed by atoms with Crippen molar-refractivity contribution in [3.63, 3.8) is 0 Å². The number of carbonyl (C=O) groups excluding carboxylic acids is 1. The SMILES string of the molecule is N=NN(Cc1cccnc1)C(=N)CCC(=O)c1ccccc1. The molecule has 0 spiro atoms. The van der Waals surface area contributed by atoms with Gasteiger partial charge in [-0.1, -0.05) is 41.6 Å². The standard InChI is InChI=1S/C16H17N5O/c17-16(9-8-15(22)14-6-2-1-3-7-14)21(20-18)12-13-5-4-10-19-11-13/h1-7,10-11,17-18H,8-9,12H2. The highest BCUT2D eigenvalue weighted by atomic mass is 16.1. The normalized spacial score (nSPS) is 10.0. The Bertz CT molecular complexity index is 642. The molecule has 2 rings (SSSR count). The fraction of sp³-hybridized carbons (Fsp3) is 0.188. The van der Waals surface area contributed by atoms with Crippen molar-refractivity contribution in [3.8, 4) is 0 Å². The van der Waals surface area contributed by atoms with Crippen molar-refractivity contribution in [3.05, 3.63) is 66.0 Å². The molecule has 0 amide bonds. The Labute approximate surface area is 128 Å². The number of carbonyl (C=O) groups is 1. The molecule has 2 aromatic rings. The van der Waals surface area contributed by atoms with Crippen LogP contribution in [0.2, 0.25) is 0 Å². The fourth-order valence-electron chi connectivity index (χ4n) is 1.99. The number of hydrogen-bond acceptors (Lipinski definition) is 5. The molecule has 0 unspecified atom stereocenters. The number of amidine groups is 1. The predicted octanol–water partition coefficient (Wildman–Crippen LogP) is 3.47. The second-order valence-corrected chi connectivity index (χ2v) is 4.75. The van der Waals surface area contributed by atoms with E-state index in [1.807, 2.05) is 24.3 Å². The van der Waals surface area contributed by atoms with Crippen molar-refractivity contribution in [2.75, 3.05) is 0 Å². The smallest absolute Gasteiger partial charge is 0.163 e. The van der Waals surface area contributed by atoms with Gasteiger partial charge in [0.05, 0.1) is 6.54 Å². The van der Waals surface area contributed by atoms with E-state index >= 15 is 0 Å². The third kappa shape index (κ3) is 4.31. The van der Waals surface area contributed by atoms with Crippen LogP contribution in [0.1, 0.15) is 28.8 Å². The summed E-state index contributed by atoms with van der Waals surface area (Å²) in [7, 11) is 0. The summed E-state index contributed by atoms with van der Waals surface area (Å²) in [5.41, 5.74) is 8.69. The van der Waals surface area contributed by atoms with Crippen LogP contribution in [-0.4, -0.2) is 21.6 Å². The molecule has 1 aromatic heterocycles. The molecule has 1 aromatic carbocycles. The van der Waals surface area contributed by atoms with Crippen molar-refractivity contribution in [2.24, 2.45) is 5.22 Å². The van der Waals surface area contributed by atoms with E-state index in [2.05, 4.69) is 10.2 Å². The van der Waals surface area contributed by atoms with E-state index < -0.39 is 0 Å². The maximum Gasteiger partial charge on any atom is 0.163 e. The molecule has 2 N–H and O–H groups in total. The Morgan fingerprint density at radius 1 is 1.14 bits per heavy atom. The molecule has 0 radical (unpaired) electrons. The summed E-state index contributed by atoms with van der Waals surface area (Å²) in [6.07, 6.45) is 3.80. The Morgan fingerprint density at radius 3 is 2.55 bits per heavy atom. The summed E-state index contributed by atoms with van der Waals surface area (Å²) >= 11 is 0. The third-order valence-electron chi connectivity index (χ3n) is 3.17. The molecule has 0 aliphatic heterocycles. The Kier molecular flexibility index (Phi) is 5.48. The van der Waals surface area contributed by atoms with Gasteiger partial charge in [-0.25, -0.2) is 5.01 Å². The number of rotatable bonds is 7. The lowest BCUT2D eigenvalue weighted by Gasteiger charge is -2.17. The van der Waals surface area contributed by atoms with E-state index in [4.69, 9.17) is 10.9 Å². The van der Waals surface area contributed by atoms with E-state index in [0.29, 0.717) is 12.1 Å². The van der Waals surface area contributed by atoms with Gasteiger partial charge >= 0.3 is 0 Å². The number of ketones is 1. The molecule has 0 fully saturated rings. The number of aromatic nitrogens is 1. The van der Waals surface area contributed by atoms with E-state index in [9.17, 15) is 4.79 Å². The molecule has 22 heavy (non-hydrogen) atoms. The Hall–Kier alpha value is -2.89. The summed E-state index contributed by atoms with van der Waals surface area (Å²) in [5.74, 6) is 0.125. The molecule has 0 atom stereocenters. The van der Waals surface area contributed by atoms with Gasteiger partial charge in [-0.3, -0.25) is 15.2 Å². The highest BCUT2D eigenvalue weighted by Gasteiger charge is 2.13. The lowest BCUT2D eigenvalue weighted by Crippen LogP contribution is -2.24. The zero-order valence-corrected chi connectivity index (χ0v) is 12.1. The first kappa shape index (κ1) is 15.5. The highest BCUT2D eigenvalue weighted by Crippen LogP contribution is 2.10. The molecule has 6 nitrogen and oxygen atoms in total. The van der Waals surface area contributed by atoms with E-state index in [1.54, 1.807) is 30.6 Å². The van der Waals surface area contributed by atoms with Crippen LogP contribution in [0.3, 0.4) is 0 Å². The number of nitrogens with zero attached hydrogens (tertiary/aromatic N) is 3. The number of Topliss-reactive ketones (excluding diaryl/α,β-unsaturated/α-hetero) is 1. The van der Waals surface area contributed by atoms with Gasteiger partial charge in [0.2, 0.25) is 0 Å². The molecule has 0 aliphatic carbocycles. The topological polar surface area (TPSA) is 93.3 Å². The third-order valence-corrected chi connectivity index (χ3v) is 3.17. The second-order valence-electron chi connectivity index (χ2n) is 4.75. The molecular weight excluding hydrogens is 278 g/mol. The predicted molar refractivity (Wildman–Crippen MR) is 82.7 cm³/mol. The lowest BCUT2D eigenvalue weighted by atomic mass is 10.1. The summed E-state index contributed by atoms with van der Waals surface area (Å²) in [4.78, 5) is 16.0. The largest absolute Gasteiger partial charge is 0.294 e. The van der Waals surface area contributed by atoms with Crippen LogP contribution in [0.5, 0.6) is 0 Å². The minimum Gasteiger partial charge on any atom is -0.294 e. The minimum absolute atomic E-state index is 0.0170. The molecular formula is C16H17N5O. The quantitative estimate of drug-likeness (QED) is 0.269. The van der Waals surface area contributed by atoms with Crippen molar-refractivity contribution < 1.29 is 4.79 Å². The summed E-state index contributed by atoms with van der Waals surface area (Å²) < 4.78 is 0. The Morgan fingerprint density at radius 2 is 1.91 bits per heavy atom. The molecule has 6 heteroatoms. The van der Waals surface area contributed by atoms with Gasteiger partial charge in [-0.2, -0.15) is 5.53 Å². The summed E-state index contributed by atoms with van der Waals surface area (Å²) in [6, 6.07) is 12.6. The molecule has 1 heterocycles. The number of hydrogen-bond donors (Lipinski definition) is 2. The first-order chi connectivity index (χ1) is 10.7. The number of benzene rings is 1. The zero-order chi connectivity index (χ0) is 15.8. The second kappa shape index (κ2) is 7.78. The molecule has 112 valence electrons. The summed E-state index contributed by atoms with van der Waals surface area (Å²) in [6.45, 7) is 0.301. The van der Waals surface area contributed by atoms with Gasteiger partial charge in [-0.15, -0.1) is 0 Å². The average molecular weight is 295 g/mol. The maximum absolute atomic E-state index is 12.0. The van der Waals surface area contributed by atoms with Crippen molar-refractivity contribution in [2.45, 2.75) is 19.4 Å². The van der Waals surface area contributed by atoms with Gasteiger partial charge in [-0.05, 0) is 11.6 Å². The minimum atomic E-state index is -0.0170. The van der Waals surface area contributed by atoms with Crippen molar-refractivity contribution in [1.29, 1.82) is 10.9 Å². The van der Waals surface area contributed by atoms with Gasteiger partial charge in [0.1, 0.15) is 5.84 Å². The first-order valence-electron chi connectivity index (χ1n) is 6.90. The van der Waals surface area contributed by atoms with Crippen LogP contribution in [0.25, 0.3) is 0 Å². The zero-order valence-electron chi connectivity index (χ0n) is 12.1. The van der Waals surface area contributed by atoms with E-state index in [-0.39, 0.29) is 24.5 Å². The van der Waals surface area contributed by atoms with Crippen LogP contribution >= 0.6 is 0 Å². The molecule has 0 aliphatic rings. The van der Waals surface area contributed by atoms with Gasteiger partial charge in [0, 0.05) is 30.8 Å². The van der Waals surface area contributed by atoms with Crippen molar-refractivity contribution in [1.82, 2.24) is 9.99 Å². The van der Waals surface area contributed by atoms with Crippen LogP contribution in [0, 0.1) is 10.9 Å². The van der Waals surface area contributed by atoms with Gasteiger partial charge in [0.15, 0.2) is 5.78 Å². The van der Waals surface area contributed by atoms with Gasteiger partial charge in [0.25, 0.3) is 0 Å². The van der Waals surface area contributed by atoms with Crippen molar-refractivity contribution >= 4 is 11.6 Å². The summed E-state index contributed by atoms with van der Waals surface area (Å²) in [5, 5.41) is 12.6. The van der Waals surface area contributed by atoms with Crippen LogP contribution in [-0.2, 0) is 6.54 Å². The maximum atomic E-state index is 12.0. The monoisotopic (exact) mass is 295 g/mol. The fourth-order valence-corrected chi connectivity index (χ4v) is 1.99. The van der Waals surface area contributed by atoms with E-state index in [0.717, 1.165) is 5.56 Å². The van der Waals surface area contributed by atoms with Gasteiger partial charge < -0.3 is 0 Å². The molecule has 0 saturated carbocycles. The van der Waals surface area contributed by atoms with Crippen LogP contribution < -0.4 is 0 Å². The number of nitrogens with one attached hydrogen (secondary N) is 2. The first-order valence-corrected chi connectivity index (χ1v) is 6.90. The van der Waals surface area contributed by atoms with E-state index in [1.165, 1.54) is 5.01 Å². The Balaban J connectivity index is 1.90.